The van der Waals surface area contributed by atoms with Gasteiger partial charge in [0.1, 0.15) is 6.73 Å². The number of aromatic nitrogens is 3. The molecule has 4 rings (SSSR count). The first-order chi connectivity index (χ1) is 18.9. The summed E-state index contributed by atoms with van der Waals surface area (Å²) in [5.74, 6) is -0.297. The van der Waals surface area contributed by atoms with Crippen LogP contribution in [0.15, 0.2) is 48.5 Å². The minimum atomic E-state index is -4.64. The van der Waals surface area contributed by atoms with Gasteiger partial charge in [0, 0.05) is 26.7 Å². The number of nitrogens with zero attached hydrogens (tertiary/aromatic N) is 3. The third-order valence-corrected chi connectivity index (χ3v) is 9.23. The van der Waals surface area contributed by atoms with Crippen LogP contribution in [-0.4, -0.2) is 42.5 Å². The molecule has 3 aromatic rings. The molecule has 216 valence electrons. The van der Waals surface area contributed by atoms with Gasteiger partial charge in [0.05, 0.1) is 7.11 Å². The maximum absolute atomic E-state index is 13.4. The number of ether oxygens (including phenoxy) is 2. The second-order valence-corrected chi connectivity index (χ2v) is 17.4. The molecule has 0 spiro atoms. The number of carbonyl (C=O) groups excluding carboxylic acids is 1. The zero-order valence-electron chi connectivity index (χ0n) is 23.6. The molecule has 0 bridgehead atoms. The van der Waals surface area contributed by atoms with Crippen molar-refractivity contribution in [3.05, 3.63) is 59.9 Å². The van der Waals surface area contributed by atoms with E-state index in [0.29, 0.717) is 30.4 Å². The zero-order valence-corrected chi connectivity index (χ0v) is 24.6. The van der Waals surface area contributed by atoms with Crippen LogP contribution in [-0.2, 0) is 27.2 Å². The average Bonchev–Trinajstić information content (AvgIpc) is 3.36. The Morgan fingerprint density at radius 2 is 1.52 bits per heavy atom. The van der Waals surface area contributed by atoms with Crippen LogP contribution in [0.1, 0.15) is 49.4 Å². The van der Waals surface area contributed by atoms with E-state index < -0.39 is 20.1 Å². The molecule has 10 heteroatoms. The summed E-state index contributed by atoms with van der Waals surface area (Å²) < 4.78 is 51.8. The van der Waals surface area contributed by atoms with E-state index in [1.807, 2.05) is 12.1 Å². The largest absolute Gasteiger partial charge is 0.469 e. The third-order valence-electron chi connectivity index (χ3n) is 7.52. The average molecular weight is 574 g/mol. The number of hydrogen-bond acceptors (Lipinski definition) is 5. The molecule has 0 unspecified atom stereocenters. The number of hydrogen-bond donors (Lipinski definition) is 0. The Bertz CT molecular complexity index is 1260. The molecule has 0 amide bonds. The Morgan fingerprint density at radius 1 is 0.950 bits per heavy atom. The topological polar surface area (TPSA) is 66.2 Å². The summed E-state index contributed by atoms with van der Waals surface area (Å²) in [5.41, 5.74) is 3.83. The Kier molecular flexibility index (Phi) is 9.51. The highest BCUT2D eigenvalue weighted by atomic mass is 28.3. The molecular formula is C30H38F3N3O3Si. The highest BCUT2D eigenvalue weighted by Gasteiger charge is 2.37. The zero-order chi connectivity index (χ0) is 28.9. The van der Waals surface area contributed by atoms with Crippen LogP contribution < -0.4 is 0 Å². The molecule has 40 heavy (non-hydrogen) atoms. The van der Waals surface area contributed by atoms with E-state index in [1.165, 1.54) is 17.4 Å². The van der Waals surface area contributed by atoms with Crippen molar-refractivity contribution in [2.24, 2.45) is 5.92 Å². The van der Waals surface area contributed by atoms with Crippen molar-refractivity contribution in [3.63, 3.8) is 0 Å². The Hall–Kier alpha value is -2.98. The highest BCUT2D eigenvalue weighted by molar-refractivity contribution is 6.76. The second kappa shape index (κ2) is 12.7. The maximum Gasteiger partial charge on any atom is 0.453 e. The van der Waals surface area contributed by atoms with Gasteiger partial charge >= 0.3 is 12.1 Å². The first-order valence-electron chi connectivity index (χ1n) is 13.8. The molecule has 2 aromatic carbocycles. The van der Waals surface area contributed by atoms with Crippen molar-refractivity contribution in [2.45, 2.75) is 76.6 Å². The number of alkyl halides is 3. The van der Waals surface area contributed by atoms with Crippen LogP contribution in [0, 0.1) is 5.92 Å². The summed E-state index contributed by atoms with van der Waals surface area (Å²) >= 11 is 0. The molecule has 1 heterocycles. The minimum Gasteiger partial charge on any atom is -0.469 e. The van der Waals surface area contributed by atoms with E-state index in [2.05, 4.69) is 54.0 Å². The van der Waals surface area contributed by atoms with Crippen molar-refractivity contribution in [3.8, 4) is 22.5 Å². The Morgan fingerprint density at radius 3 is 2.08 bits per heavy atom. The van der Waals surface area contributed by atoms with Gasteiger partial charge in [-0.05, 0) is 60.3 Å². The lowest BCUT2D eigenvalue weighted by Crippen LogP contribution is -2.22. The van der Waals surface area contributed by atoms with E-state index in [9.17, 15) is 18.0 Å². The second-order valence-electron chi connectivity index (χ2n) is 11.8. The minimum absolute atomic E-state index is 0.0866. The number of halogens is 3. The van der Waals surface area contributed by atoms with Gasteiger partial charge in [0.25, 0.3) is 5.82 Å². The molecule has 6 nitrogen and oxygen atoms in total. The van der Waals surface area contributed by atoms with Gasteiger partial charge in [0.2, 0.25) is 0 Å². The van der Waals surface area contributed by atoms with Gasteiger partial charge in [-0.2, -0.15) is 13.2 Å². The number of rotatable bonds is 10. The van der Waals surface area contributed by atoms with E-state index >= 15 is 0 Å². The predicted molar refractivity (Wildman–Crippen MR) is 151 cm³/mol. The summed E-state index contributed by atoms with van der Waals surface area (Å²) in [6, 6.07) is 16.7. The molecule has 0 atom stereocenters. The lowest BCUT2D eigenvalue weighted by molar-refractivity contribution is -0.145. The van der Waals surface area contributed by atoms with Gasteiger partial charge in [-0.25, -0.2) is 9.67 Å². The molecule has 0 aliphatic heterocycles. The summed E-state index contributed by atoms with van der Waals surface area (Å²) in [6.07, 6.45) is 0.00848. The number of benzene rings is 2. The van der Waals surface area contributed by atoms with E-state index in [4.69, 9.17) is 9.47 Å². The van der Waals surface area contributed by atoms with Crippen molar-refractivity contribution < 1.29 is 27.4 Å². The van der Waals surface area contributed by atoms with Gasteiger partial charge in [0.15, 0.2) is 5.82 Å². The standard InChI is InChI=1S/C30H38F3N3O3Si/c1-38-27(37)19-21-5-7-22(8-6-21)23-9-11-24(12-10-23)25-13-15-26(16-14-25)28-34-29(30(31,32)33)35-36(28)20-39-17-18-40(2,3)4/h9-16,21-22H,5-8,17-20H2,1-4H3/t21-,22-. The van der Waals surface area contributed by atoms with Crippen molar-refractivity contribution in [2.75, 3.05) is 13.7 Å². The molecule has 1 aliphatic rings. The Labute approximate surface area is 234 Å². The molecule has 0 N–H and O–H groups in total. The third kappa shape index (κ3) is 8.03. The van der Waals surface area contributed by atoms with Crippen LogP contribution in [0.5, 0.6) is 0 Å². The first-order valence-corrected chi connectivity index (χ1v) is 17.5. The van der Waals surface area contributed by atoms with Crippen molar-refractivity contribution in [1.29, 1.82) is 0 Å². The van der Waals surface area contributed by atoms with Crippen LogP contribution in [0.25, 0.3) is 22.5 Å². The molecule has 1 aromatic heterocycles. The molecule has 1 aliphatic carbocycles. The summed E-state index contributed by atoms with van der Waals surface area (Å²) in [6.45, 7) is 7.03. The van der Waals surface area contributed by atoms with Crippen LogP contribution >= 0.6 is 0 Å². The van der Waals surface area contributed by atoms with Gasteiger partial charge in [-0.1, -0.05) is 68.2 Å². The first kappa shape index (κ1) is 30.0. The van der Waals surface area contributed by atoms with Crippen LogP contribution in [0.3, 0.4) is 0 Å². The van der Waals surface area contributed by atoms with Gasteiger partial charge < -0.3 is 9.47 Å². The molecule has 1 fully saturated rings. The molecule has 1 saturated carbocycles. The number of methoxy groups -OCH3 is 1. The lowest BCUT2D eigenvalue weighted by atomic mass is 9.77. The van der Waals surface area contributed by atoms with E-state index in [-0.39, 0.29) is 18.5 Å². The summed E-state index contributed by atoms with van der Waals surface area (Å²) in [4.78, 5) is 15.4. The van der Waals surface area contributed by atoms with E-state index in [1.54, 1.807) is 12.1 Å². The normalized spacial score (nSPS) is 18.1. The Balaban J connectivity index is 1.43. The SMILES string of the molecule is COC(=O)C[C@H]1CC[C@H](c2ccc(-c3ccc(-c4nc(C(F)(F)F)nn4COCC[Si](C)(C)C)cc3)cc2)CC1. The predicted octanol–water partition coefficient (Wildman–Crippen LogP) is 7.78. The van der Waals surface area contributed by atoms with E-state index in [0.717, 1.165) is 42.9 Å². The highest BCUT2D eigenvalue weighted by Crippen LogP contribution is 2.38. The van der Waals surface area contributed by atoms with Crippen molar-refractivity contribution in [1.82, 2.24) is 14.8 Å². The lowest BCUT2D eigenvalue weighted by Gasteiger charge is -2.28. The fourth-order valence-electron chi connectivity index (χ4n) is 5.07. The summed E-state index contributed by atoms with van der Waals surface area (Å²) in [5, 5.41) is 3.69. The smallest absolute Gasteiger partial charge is 0.453 e. The number of carbonyl (C=O) groups is 1. The molecule has 0 saturated heterocycles. The quantitative estimate of drug-likeness (QED) is 0.141. The van der Waals surface area contributed by atoms with Gasteiger partial charge in [-0.15, -0.1) is 5.10 Å². The monoisotopic (exact) mass is 573 g/mol. The van der Waals surface area contributed by atoms with Crippen molar-refractivity contribution >= 4 is 14.0 Å². The molecule has 0 radical (unpaired) electrons. The van der Waals surface area contributed by atoms with Gasteiger partial charge in [-0.3, -0.25) is 4.79 Å². The fourth-order valence-corrected chi connectivity index (χ4v) is 5.83. The van der Waals surface area contributed by atoms with Crippen LogP contribution in [0.4, 0.5) is 13.2 Å². The summed E-state index contributed by atoms with van der Waals surface area (Å²) in [7, 11) is 0.110. The van der Waals surface area contributed by atoms with Crippen LogP contribution in [0.2, 0.25) is 25.7 Å². The fraction of sp³-hybridized carbons (Fsp3) is 0.500. The maximum atomic E-state index is 13.4. The number of esters is 1. The molecular weight excluding hydrogens is 535 g/mol.